The minimum Gasteiger partial charge on any atom is -0.496 e. The zero-order valence-electron chi connectivity index (χ0n) is 24.3. The van der Waals surface area contributed by atoms with E-state index >= 15 is 0 Å². The highest BCUT2D eigenvalue weighted by Crippen LogP contribution is 2.27. The first-order valence-electron chi connectivity index (χ1n) is 12.4. The monoisotopic (exact) mass is 573 g/mol. The second-order valence-corrected chi connectivity index (χ2v) is 9.94. The molecule has 0 bridgehead atoms. The number of amides is 3. The number of carbonyl (C=O) groups is 5. The lowest BCUT2D eigenvalue weighted by Crippen LogP contribution is -2.60. The van der Waals surface area contributed by atoms with Crippen LogP contribution >= 0.6 is 0 Å². The number of hydrogen-bond acceptors (Lipinski definition) is 11. The van der Waals surface area contributed by atoms with Crippen LogP contribution in [-0.4, -0.2) is 72.5 Å². The Morgan fingerprint density at radius 3 is 2.00 bits per heavy atom. The summed E-state index contributed by atoms with van der Waals surface area (Å²) < 4.78 is 19.6. The third-order valence-corrected chi connectivity index (χ3v) is 5.75. The Labute approximate surface area is 237 Å². The van der Waals surface area contributed by atoms with Gasteiger partial charge in [0, 0.05) is 16.7 Å². The average molecular weight is 574 g/mol. The van der Waals surface area contributed by atoms with Gasteiger partial charge >= 0.3 is 18.0 Å². The maximum absolute atomic E-state index is 14.0. The van der Waals surface area contributed by atoms with Crippen molar-refractivity contribution >= 4 is 29.8 Å². The maximum Gasteiger partial charge on any atom is 0.439 e. The molecule has 1 unspecified atom stereocenters. The Hall–Kier alpha value is -4.49. The van der Waals surface area contributed by atoms with Crippen LogP contribution in [0.15, 0.2) is 36.4 Å². The van der Waals surface area contributed by atoms with Gasteiger partial charge in [-0.1, -0.05) is 23.3 Å². The van der Waals surface area contributed by atoms with Gasteiger partial charge in [0.05, 0.1) is 19.8 Å². The molecule has 0 saturated heterocycles. The fourth-order valence-corrected chi connectivity index (χ4v) is 3.94. The summed E-state index contributed by atoms with van der Waals surface area (Å²) in [5.41, 5.74) is 1.11. The molecule has 3 amide bonds. The molecule has 0 aliphatic heterocycles. The average Bonchev–Trinajstić information content (AvgIpc) is 2.90. The molecule has 0 fully saturated rings. The van der Waals surface area contributed by atoms with Gasteiger partial charge in [-0.2, -0.15) is 0 Å². The molecule has 0 radical (unpaired) electrons. The Kier molecular flexibility index (Phi) is 11.0. The van der Waals surface area contributed by atoms with Crippen LogP contribution in [0.2, 0.25) is 0 Å². The van der Waals surface area contributed by atoms with Gasteiger partial charge in [-0.05, 0) is 65.8 Å². The van der Waals surface area contributed by atoms with Crippen molar-refractivity contribution in [2.75, 3.05) is 21.0 Å². The molecular weight excluding hydrogens is 538 g/mol. The van der Waals surface area contributed by atoms with Crippen LogP contribution in [0.5, 0.6) is 5.75 Å². The van der Waals surface area contributed by atoms with Crippen molar-refractivity contribution < 1.29 is 47.8 Å². The Balaban J connectivity index is 2.56. The van der Waals surface area contributed by atoms with E-state index in [4.69, 9.17) is 20.1 Å². The van der Waals surface area contributed by atoms with Gasteiger partial charge in [-0.25, -0.2) is 25.3 Å². The van der Waals surface area contributed by atoms with Crippen LogP contribution < -0.4 is 10.6 Å². The minimum absolute atomic E-state index is 0.0445. The lowest BCUT2D eigenvalue weighted by atomic mass is 10.0. The van der Waals surface area contributed by atoms with Crippen LogP contribution in [0.4, 0.5) is 4.79 Å². The van der Waals surface area contributed by atoms with Gasteiger partial charge in [0.1, 0.15) is 5.75 Å². The van der Waals surface area contributed by atoms with E-state index in [0.29, 0.717) is 16.3 Å². The number of nitrogens with zero attached hydrogens (tertiary/aromatic N) is 2. The summed E-state index contributed by atoms with van der Waals surface area (Å²) in [5, 5.41) is 1.50. The highest BCUT2D eigenvalue weighted by Gasteiger charge is 2.42. The largest absolute Gasteiger partial charge is 0.496 e. The van der Waals surface area contributed by atoms with Crippen molar-refractivity contribution in [2.24, 2.45) is 5.90 Å². The molecule has 0 aliphatic rings. The fraction of sp³-hybridized carbons (Fsp3) is 0.393. The molecule has 1 atom stereocenters. The van der Waals surface area contributed by atoms with Gasteiger partial charge in [0.2, 0.25) is 6.79 Å². The van der Waals surface area contributed by atoms with Crippen LogP contribution in [0.25, 0.3) is 0 Å². The highest BCUT2D eigenvalue weighted by molar-refractivity contribution is 6.07. The number of hydrazine groups is 1. The quantitative estimate of drug-likeness (QED) is 0.214. The second kappa shape index (κ2) is 13.7. The van der Waals surface area contributed by atoms with E-state index in [0.717, 1.165) is 23.2 Å². The summed E-state index contributed by atoms with van der Waals surface area (Å²) >= 11 is 0. The van der Waals surface area contributed by atoms with Crippen molar-refractivity contribution in [3.05, 3.63) is 64.2 Å². The molecule has 13 heteroatoms. The summed E-state index contributed by atoms with van der Waals surface area (Å²) in [7, 11) is 2.42. The number of benzene rings is 2. The molecule has 2 rings (SSSR count). The Morgan fingerprint density at radius 2 is 1.49 bits per heavy atom. The molecule has 2 N–H and O–H groups in total. The summed E-state index contributed by atoms with van der Waals surface area (Å²) in [5.74, 6) is 1.28. The van der Waals surface area contributed by atoms with Gasteiger partial charge in [0.15, 0.2) is 0 Å². The summed E-state index contributed by atoms with van der Waals surface area (Å²) in [6.07, 6.45) is -3.28. The van der Waals surface area contributed by atoms with E-state index in [1.54, 1.807) is 52.0 Å². The standard InChI is InChI=1S/C28H35N3O10/c1-16-12-17(2)14-19(13-16)23(32)31(28(4,5)6)30(24(33)20-10-9-11-21(37-7)18(20)3)27(36)40-15-39-26(35)22(41-29)25(34)38-8/h9-14,22H,15,29H2,1-8H3. The third-order valence-electron chi connectivity index (χ3n) is 5.75. The smallest absolute Gasteiger partial charge is 0.439 e. The number of methoxy groups -OCH3 is 2. The number of esters is 2. The molecule has 2 aromatic rings. The second-order valence-electron chi connectivity index (χ2n) is 9.94. The number of imide groups is 1. The number of nitrogens with two attached hydrogens (primary N) is 1. The predicted molar refractivity (Wildman–Crippen MR) is 144 cm³/mol. The summed E-state index contributed by atoms with van der Waals surface area (Å²) in [4.78, 5) is 69.5. The summed E-state index contributed by atoms with van der Waals surface area (Å²) in [6, 6.07) is 9.77. The summed E-state index contributed by atoms with van der Waals surface area (Å²) in [6.45, 7) is 9.05. The van der Waals surface area contributed by atoms with Gasteiger partial charge < -0.3 is 18.9 Å². The molecule has 13 nitrogen and oxygen atoms in total. The first-order valence-corrected chi connectivity index (χ1v) is 12.4. The van der Waals surface area contributed by atoms with Gasteiger partial charge in [0.25, 0.3) is 17.9 Å². The Bertz CT molecular complexity index is 1300. The molecular formula is C28H35N3O10. The Morgan fingerprint density at radius 1 is 0.878 bits per heavy atom. The SMILES string of the molecule is COC(=O)C(ON)C(=O)OCOC(=O)N(C(=O)c1cccc(OC)c1C)N(C(=O)c1cc(C)cc(C)c1)C(C)(C)C. The van der Waals surface area contributed by atoms with Crippen molar-refractivity contribution in [3.63, 3.8) is 0 Å². The van der Waals surface area contributed by atoms with E-state index in [1.807, 2.05) is 19.9 Å². The molecule has 222 valence electrons. The zero-order chi connectivity index (χ0) is 31.1. The lowest BCUT2D eigenvalue weighted by molar-refractivity contribution is -0.177. The number of carbonyl (C=O) groups excluding carboxylic acids is 5. The normalized spacial score (nSPS) is 11.6. The number of aryl methyl sites for hydroxylation is 2. The minimum atomic E-state index is -1.94. The highest BCUT2D eigenvalue weighted by atomic mass is 16.7. The molecule has 0 spiro atoms. The molecule has 41 heavy (non-hydrogen) atoms. The van der Waals surface area contributed by atoms with Crippen molar-refractivity contribution in [3.8, 4) is 5.75 Å². The number of hydrogen-bond donors (Lipinski definition) is 1. The molecule has 0 heterocycles. The van der Waals surface area contributed by atoms with Crippen molar-refractivity contribution in [1.82, 2.24) is 10.0 Å². The van der Waals surface area contributed by atoms with Crippen LogP contribution in [0.1, 0.15) is 58.2 Å². The first-order chi connectivity index (χ1) is 19.2. The molecule has 0 aliphatic carbocycles. The van der Waals surface area contributed by atoms with Gasteiger partial charge in [-0.15, -0.1) is 5.01 Å². The van der Waals surface area contributed by atoms with E-state index in [9.17, 15) is 24.0 Å². The van der Waals surface area contributed by atoms with E-state index in [2.05, 4.69) is 9.57 Å². The number of ether oxygens (including phenoxy) is 4. The van der Waals surface area contributed by atoms with Crippen LogP contribution in [0, 0.1) is 20.8 Å². The van der Waals surface area contributed by atoms with Crippen molar-refractivity contribution in [2.45, 2.75) is 53.2 Å². The molecule has 0 saturated carbocycles. The van der Waals surface area contributed by atoms with E-state index < -0.39 is 48.3 Å². The lowest BCUT2D eigenvalue weighted by Gasteiger charge is -2.41. The van der Waals surface area contributed by atoms with E-state index in [-0.39, 0.29) is 11.1 Å². The van der Waals surface area contributed by atoms with Crippen molar-refractivity contribution in [1.29, 1.82) is 0 Å². The predicted octanol–water partition coefficient (Wildman–Crippen LogP) is 2.99. The maximum atomic E-state index is 14.0. The first kappa shape index (κ1) is 32.7. The zero-order valence-corrected chi connectivity index (χ0v) is 24.3. The van der Waals surface area contributed by atoms with Gasteiger partial charge in [-0.3, -0.25) is 14.4 Å². The molecule has 0 aromatic heterocycles. The van der Waals surface area contributed by atoms with Crippen LogP contribution in [-0.2, 0) is 28.6 Å². The van der Waals surface area contributed by atoms with Crippen LogP contribution in [0.3, 0.4) is 0 Å². The fourth-order valence-electron chi connectivity index (χ4n) is 3.94. The molecule has 2 aromatic carbocycles. The third kappa shape index (κ3) is 7.80. The van der Waals surface area contributed by atoms with E-state index in [1.165, 1.54) is 13.2 Å². The topological polar surface area (TPSA) is 164 Å². The number of rotatable bonds is 8.